The van der Waals surface area contributed by atoms with E-state index in [9.17, 15) is 19.7 Å². The van der Waals surface area contributed by atoms with Crippen LogP contribution >= 0.6 is 11.6 Å². The molecule has 0 aliphatic carbocycles. The molecular formula is C12H13ClN2O5. The Morgan fingerprint density at radius 3 is 2.50 bits per heavy atom. The largest absolute Gasteiger partial charge is 0.480 e. The van der Waals surface area contributed by atoms with Crippen LogP contribution in [0.1, 0.15) is 23.7 Å². The summed E-state index contributed by atoms with van der Waals surface area (Å²) in [5.41, 5.74) is -0.343. The average Bonchev–Trinajstić information content (AvgIpc) is 2.37. The zero-order valence-corrected chi connectivity index (χ0v) is 11.6. The molecule has 0 saturated heterocycles. The number of halogens is 1. The van der Waals surface area contributed by atoms with E-state index in [1.807, 2.05) is 0 Å². The van der Waals surface area contributed by atoms with Crippen LogP contribution in [0.4, 0.5) is 5.69 Å². The van der Waals surface area contributed by atoms with Crippen molar-refractivity contribution in [2.45, 2.75) is 19.4 Å². The molecule has 0 saturated carbocycles. The number of amides is 1. The number of hydrogen-bond acceptors (Lipinski definition) is 4. The molecule has 20 heavy (non-hydrogen) atoms. The van der Waals surface area contributed by atoms with E-state index in [-0.39, 0.29) is 22.7 Å². The molecule has 0 bridgehead atoms. The van der Waals surface area contributed by atoms with Crippen molar-refractivity contribution >= 4 is 29.2 Å². The molecule has 0 aromatic heterocycles. The van der Waals surface area contributed by atoms with Gasteiger partial charge in [0.15, 0.2) is 0 Å². The van der Waals surface area contributed by atoms with Gasteiger partial charge in [-0.3, -0.25) is 14.9 Å². The summed E-state index contributed by atoms with van der Waals surface area (Å²) in [5, 5.41) is 19.8. The summed E-state index contributed by atoms with van der Waals surface area (Å²) in [5.74, 6) is -1.77. The number of carboxylic acids is 1. The van der Waals surface area contributed by atoms with Crippen LogP contribution in [0, 0.1) is 10.1 Å². The summed E-state index contributed by atoms with van der Waals surface area (Å²) in [6, 6.07) is 2.45. The quantitative estimate of drug-likeness (QED) is 0.663. The van der Waals surface area contributed by atoms with Crippen molar-refractivity contribution < 1.29 is 19.6 Å². The zero-order valence-electron chi connectivity index (χ0n) is 10.9. The highest BCUT2D eigenvalue weighted by Gasteiger charge is 2.26. The highest BCUT2D eigenvalue weighted by molar-refractivity contribution is 6.31. The minimum absolute atomic E-state index is 0.0219. The molecule has 0 heterocycles. The Hall–Kier alpha value is -2.15. The molecule has 108 valence electrons. The van der Waals surface area contributed by atoms with Crippen LogP contribution in [0.3, 0.4) is 0 Å². The lowest BCUT2D eigenvalue weighted by atomic mass is 10.1. The van der Waals surface area contributed by atoms with Gasteiger partial charge in [0.1, 0.15) is 6.04 Å². The SMILES string of the molecule is CCC(C(=O)O)N(C)C(=O)c1cc(Cl)cc([N+](=O)[O-])c1. The first-order valence-corrected chi connectivity index (χ1v) is 6.10. The van der Waals surface area contributed by atoms with Crippen molar-refractivity contribution in [1.29, 1.82) is 0 Å². The summed E-state index contributed by atoms with van der Waals surface area (Å²) in [4.78, 5) is 34.3. The molecular weight excluding hydrogens is 288 g/mol. The Kier molecular flexibility index (Phi) is 5.04. The van der Waals surface area contributed by atoms with Crippen molar-refractivity contribution in [2.75, 3.05) is 7.05 Å². The molecule has 8 heteroatoms. The molecule has 0 radical (unpaired) electrons. The zero-order chi connectivity index (χ0) is 15.4. The van der Waals surface area contributed by atoms with Crippen molar-refractivity contribution in [3.8, 4) is 0 Å². The molecule has 0 aliphatic rings. The summed E-state index contributed by atoms with van der Waals surface area (Å²) in [6.07, 6.45) is 0.222. The third kappa shape index (κ3) is 3.45. The third-order valence-electron chi connectivity index (χ3n) is 2.80. The predicted molar refractivity (Wildman–Crippen MR) is 71.9 cm³/mol. The number of likely N-dealkylation sites (N-methyl/N-ethyl adjacent to an activating group) is 1. The van der Waals surface area contributed by atoms with Crippen LogP contribution in [-0.2, 0) is 4.79 Å². The average molecular weight is 301 g/mol. The van der Waals surface area contributed by atoms with Crippen LogP contribution in [0.2, 0.25) is 5.02 Å². The fourth-order valence-corrected chi connectivity index (χ4v) is 1.99. The van der Waals surface area contributed by atoms with Crippen molar-refractivity contribution in [3.63, 3.8) is 0 Å². The standard InChI is InChI=1S/C12H13ClN2O5/c1-3-10(12(17)18)14(2)11(16)7-4-8(13)6-9(5-7)15(19)20/h4-6,10H,3H2,1-2H3,(H,17,18). The van der Waals surface area contributed by atoms with Gasteiger partial charge in [0.25, 0.3) is 11.6 Å². The second kappa shape index (κ2) is 6.33. The maximum Gasteiger partial charge on any atom is 0.326 e. The van der Waals surface area contributed by atoms with E-state index in [2.05, 4.69) is 0 Å². The van der Waals surface area contributed by atoms with Gasteiger partial charge in [-0.1, -0.05) is 18.5 Å². The Bertz CT molecular complexity index is 561. The van der Waals surface area contributed by atoms with Crippen LogP contribution in [-0.4, -0.2) is 39.9 Å². The van der Waals surface area contributed by atoms with E-state index in [1.165, 1.54) is 13.1 Å². The fraction of sp³-hybridized carbons (Fsp3) is 0.333. The molecule has 0 aliphatic heterocycles. The number of nitrogens with zero attached hydrogens (tertiary/aromatic N) is 2. The Morgan fingerprint density at radius 1 is 1.45 bits per heavy atom. The lowest BCUT2D eigenvalue weighted by molar-refractivity contribution is -0.384. The van der Waals surface area contributed by atoms with Gasteiger partial charge in [-0.15, -0.1) is 0 Å². The predicted octanol–water partition coefficient (Wildman–Crippen LogP) is 2.18. The maximum atomic E-state index is 12.2. The van der Waals surface area contributed by atoms with Gasteiger partial charge < -0.3 is 10.0 Å². The van der Waals surface area contributed by atoms with Crippen molar-refractivity contribution in [1.82, 2.24) is 4.90 Å². The van der Waals surface area contributed by atoms with Gasteiger partial charge in [-0.05, 0) is 12.5 Å². The van der Waals surface area contributed by atoms with Gasteiger partial charge in [-0.2, -0.15) is 0 Å². The smallest absolute Gasteiger partial charge is 0.326 e. The van der Waals surface area contributed by atoms with E-state index >= 15 is 0 Å². The highest BCUT2D eigenvalue weighted by atomic mass is 35.5. The lowest BCUT2D eigenvalue weighted by Gasteiger charge is -2.23. The monoisotopic (exact) mass is 300 g/mol. The number of non-ortho nitro benzene ring substituents is 1. The van der Waals surface area contributed by atoms with E-state index in [1.54, 1.807) is 6.92 Å². The van der Waals surface area contributed by atoms with E-state index < -0.39 is 22.8 Å². The number of carboxylic acid groups (broad SMARTS) is 1. The van der Waals surface area contributed by atoms with Crippen molar-refractivity contribution in [3.05, 3.63) is 38.9 Å². The van der Waals surface area contributed by atoms with E-state index in [0.29, 0.717) is 0 Å². The normalized spacial score (nSPS) is 11.8. The van der Waals surface area contributed by atoms with Crippen LogP contribution in [0.25, 0.3) is 0 Å². The van der Waals surface area contributed by atoms with Crippen molar-refractivity contribution in [2.24, 2.45) is 0 Å². The second-order valence-corrected chi connectivity index (χ2v) is 4.57. The number of benzene rings is 1. The number of hydrogen-bond donors (Lipinski definition) is 1. The first kappa shape index (κ1) is 15.9. The Balaban J connectivity index is 3.14. The topological polar surface area (TPSA) is 101 Å². The van der Waals surface area contributed by atoms with Gasteiger partial charge in [0.2, 0.25) is 0 Å². The molecule has 1 atom stereocenters. The molecule has 7 nitrogen and oxygen atoms in total. The molecule has 1 unspecified atom stereocenters. The van der Waals surface area contributed by atoms with Gasteiger partial charge >= 0.3 is 5.97 Å². The van der Waals surface area contributed by atoms with E-state index in [0.717, 1.165) is 17.0 Å². The molecule has 0 spiro atoms. The molecule has 1 N–H and O–H groups in total. The maximum absolute atomic E-state index is 12.2. The summed E-state index contributed by atoms with van der Waals surface area (Å²) >= 11 is 5.73. The van der Waals surface area contributed by atoms with Gasteiger partial charge in [0.05, 0.1) is 4.92 Å². The Labute approximate surface area is 119 Å². The second-order valence-electron chi connectivity index (χ2n) is 4.13. The highest BCUT2D eigenvalue weighted by Crippen LogP contribution is 2.22. The molecule has 1 rings (SSSR count). The number of carbonyl (C=O) groups is 2. The summed E-state index contributed by atoms with van der Waals surface area (Å²) in [7, 11) is 1.33. The number of carbonyl (C=O) groups excluding carboxylic acids is 1. The van der Waals surface area contributed by atoms with E-state index in [4.69, 9.17) is 16.7 Å². The fourth-order valence-electron chi connectivity index (χ4n) is 1.76. The minimum atomic E-state index is -1.14. The summed E-state index contributed by atoms with van der Waals surface area (Å²) < 4.78 is 0. The molecule has 0 fully saturated rings. The van der Waals surface area contributed by atoms with Crippen LogP contribution in [0.5, 0.6) is 0 Å². The third-order valence-corrected chi connectivity index (χ3v) is 3.02. The molecule has 1 aromatic carbocycles. The summed E-state index contributed by atoms with van der Waals surface area (Å²) in [6.45, 7) is 1.63. The van der Waals surface area contributed by atoms with Crippen LogP contribution < -0.4 is 0 Å². The lowest BCUT2D eigenvalue weighted by Crippen LogP contribution is -2.41. The van der Waals surface area contributed by atoms with Gasteiger partial charge in [0, 0.05) is 29.8 Å². The number of nitro benzene ring substituents is 1. The molecule has 1 amide bonds. The minimum Gasteiger partial charge on any atom is -0.480 e. The Morgan fingerprint density at radius 2 is 2.05 bits per heavy atom. The number of aliphatic carboxylic acids is 1. The van der Waals surface area contributed by atoms with Gasteiger partial charge in [-0.25, -0.2) is 4.79 Å². The first-order chi connectivity index (χ1) is 9.27. The number of rotatable bonds is 5. The molecule has 1 aromatic rings. The first-order valence-electron chi connectivity index (χ1n) is 5.72. The van der Waals surface area contributed by atoms with Crippen LogP contribution in [0.15, 0.2) is 18.2 Å². The number of nitro groups is 1.